The van der Waals surface area contributed by atoms with Gasteiger partial charge in [0, 0.05) is 42.4 Å². The molecule has 0 radical (unpaired) electrons. The van der Waals surface area contributed by atoms with E-state index >= 15 is 0 Å². The van der Waals surface area contributed by atoms with Gasteiger partial charge in [0.15, 0.2) is 21.6 Å². The minimum absolute atomic E-state index is 0.410. The fourth-order valence-corrected chi connectivity index (χ4v) is 4.83. The Bertz CT molecular complexity index is 1450. The van der Waals surface area contributed by atoms with Gasteiger partial charge in [0.2, 0.25) is 0 Å². The minimum Gasteiger partial charge on any atom is -0.378 e. The van der Waals surface area contributed by atoms with Gasteiger partial charge in [-0.05, 0) is 0 Å². The van der Waals surface area contributed by atoms with Crippen molar-refractivity contribution in [2.75, 3.05) is 36.6 Å². The predicted molar refractivity (Wildman–Crippen MR) is 131 cm³/mol. The lowest BCUT2D eigenvalue weighted by Crippen LogP contribution is -2.37. The second-order valence-corrected chi connectivity index (χ2v) is 8.71. The van der Waals surface area contributed by atoms with Gasteiger partial charge in [0.25, 0.3) is 0 Å². The molecule has 0 unspecified atom stereocenters. The first-order valence-electron chi connectivity index (χ1n) is 10.5. The third-order valence-electron chi connectivity index (χ3n) is 5.43. The average molecular weight is 479 g/mol. The summed E-state index contributed by atoms with van der Waals surface area (Å²) in [5, 5.41) is 11.6. The van der Waals surface area contributed by atoms with Crippen molar-refractivity contribution in [3.8, 4) is 11.3 Å². The van der Waals surface area contributed by atoms with E-state index in [1.807, 2.05) is 63.0 Å². The van der Waals surface area contributed by atoms with E-state index in [1.54, 1.807) is 6.21 Å². The standard InChI is InChI=1S/C22H19ClN8OS/c23-21-17(30-8-11-33-22(30)26-21)14-24-27-18-13-20(29-6-9-32-10-7-29)31-19(25-18)12-16(28-31)15-4-2-1-3-5-15/h1-5,8,11-14H,6-7,9-10H2,(H,25,27)/b24-14+. The van der Waals surface area contributed by atoms with Gasteiger partial charge in [-0.15, -0.1) is 11.3 Å². The largest absolute Gasteiger partial charge is 0.378 e. The van der Waals surface area contributed by atoms with Crippen LogP contribution in [0.25, 0.3) is 21.9 Å². The summed E-state index contributed by atoms with van der Waals surface area (Å²) in [5.74, 6) is 1.55. The molecule has 166 valence electrons. The number of morpholine rings is 1. The number of hydrogen-bond acceptors (Lipinski definition) is 8. The molecule has 5 heterocycles. The maximum atomic E-state index is 6.27. The van der Waals surface area contributed by atoms with Crippen LogP contribution in [0.3, 0.4) is 0 Å². The van der Waals surface area contributed by atoms with Crippen molar-refractivity contribution in [2.45, 2.75) is 0 Å². The van der Waals surface area contributed by atoms with Crippen LogP contribution >= 0.6 is 22.9 Å². The van der Waals surface area contributed by atoms with Crippen molar-refractivity contribution in [1.82, 2.24) is 24.0 Å². The Hall–Kier alpha value is -3.47. The van der Waals surface area contributed by atoms with E-state index in [0.717, 1.165) is 40.8 Å². The lowest BCUT2D eigenvalue weighted by atomic mass is 10.2. The highest BCUT2D eigenvalue weighted by Gasteiger charge is 2.18. The highest BCUT2D eigenvalue weighted by atomic mass is 35.5. The molecule has 0 bridgehead atoms. The van der Waals surface area contributed by atoms with Gasteiger partial charge in [0.1, 0.15) is 11.5 Å². The Balaban J connectivity index is 1.37. The van der Waals surface area contributed by atoms with Crippen LogP contribution < -0.4 is 10.3 Å². The monoisotopic (exact) mass is 478 g/mol. The molecule has 0 amide bonds. The number of thiazole rings is 1. The van der Waals surface area contributed by atoms with Crippen LogP contribution in [0, 0.1) is 0 Å². The van der Waals surface area contributed by atoms with Crippen LogP contribution in [0.2, 0.25) is 5.15 Å². The van der Waals surface area contributed by atoms with Crippen LogP contribution in [0.5, 0.6) is 0 Å². The van der Waals surface area contributed by atoms with Gasteiger partial charge >= 0.3 is 0 Å². The summed E-state index contributed by atoms with van der Waals surface area (Å²) < 4.78 is 9.32. The summed E-state index contributed by atoms with van der Waals surface area (Å²) in [6, 6.07) is 14.0. The molecule has 0 atom stereocenters. The molecule has 33 heavy (non-hydrogen) atoms. The van der Waals surface area contributed by atoms with E-state index in [2.05, 4.69) is 20.4 Å². The van der Waals surface area contributed by atoms with E-state index in [0.29, 0.717) is 29.9 Å². The summed E-state index contributed by atoms with van der Waals surface area (Å²) >= 11 is 7.79. The fraction of sp³-hybridized carbons (Fsp3) is 0.182. The number of hydrogen-bond donors (Lipinski definition) is 1. The molecule has 6 rings (SSSR count). The van der Waals surface area contributed by atoms with Gasteiger partial charge in [-0.25, -0.2) is 9.97 Å². The zero-order valence-corrected chi connectivity index (χ0v) is 19.0. The van der Waals surface area contributed by atoms with Crippen molar-refractivity contribution in [1.29, 1.82) is 0 Å². The number of fused-ring (bicyclic) bond motifs is 2. The SMILES string of the molecule is Clc1nc2sccn2c1/C=N/Nc1cc(N2CCOCC2)n2nc(-c3ccccc3)cc2n1. The fourth-order valence-electron chi connectivity index (χ4n) is 3.84. The molecule has 1 aromatic carbocycles. The number of nitrogens with one attached hydrogen (secondary N) is 1. The number of hydrazone groups is 1. The van der Waals surface area contributed by atoms with Crippen molar-refractivity contribution >= 4 is 51.4 Å². The van der Waals surface area contributed by atoms with Gasteiger partial charge in [-0.1, -0.05) is 41.9 Å². The van der Waals surface area contributed by atoms with Gasteiger partial charge in [0.05, 0.1) is 25.1 Å². The Morgan fingerprint density at radius 1 is 1.12 bits per heavy atom. The van der Waals surface area contributed by atoms with Crippen LogP contribution in [0.15, 0.2) is 59.1 Å². The minimum atomic E-state index is 0.410. The first-order valence-corrected chi connectivity index (χ1v) is 11.7. The Labute approximate surface area is 197 Å². The smallest absolute Gasteiger partial charge is 0.195 e. The number of anilines is 2. The summed E-state index contributed by atoms with van der Waals surface area (Å²) in [6.07, 6.45) is 3.57. The molecule has 9 nitrogen and oxygen atoms in total. The molecular weight excluding hydrogens is 460 g/mol. The number of rotatable bonds is 5. The number of ether oxygens (including phenoxy) is 1. The van der Waals surface area contributed by atoms with Crippen molar-refractivity contribution in [3.05, 3.63) is 64.9 Å². The van der Waals surface area contributed by atoms with Crippen LogP contribution in [-0.4, -0.2) is 56.5 Å². The number of benzene rings is 1. The Morgan fingerprint density at radius 3 is 2.82 bits per heavy atom. The van der Waals surface area contributed by atoms with E-state index in [1.165, 1.54) is 11.3 Å². The van der Waals surface area contributed by atoms with Crippen LogP contribution in [0.1, 0.15) is 5.69 Å². The average Bonchev–Trinajstić information content (AvgIpc) is 3.55. The second-order valence-electron chi connectivity index (χ2n) is 7.48. The molecular formula is C22H19ClN8OS. The highest BCUT2D eigenvalue weighted by molar-refractivity contribution is 7.15. The highest BCUT2D eigenvalue weighted by Crippen LogP contribution is 2.26. The zero-order chi connectivity index (χ0) is 22.2. The molecule has 1 aliphatic heterocycles. The lowest BCUT2D eigenvalue weighted by Gasteiger charge is -2.29. The topological polar surface area (TPSA) is 84.3 Å². The molecule has 5 aromatic rings. The molecule has 1 saturated heterocycles. The van der Waals surface area contributed by atoms with Crippen LogP contribution in [-0.2, 0) is 4.74 Å². The van der Waals surface area contributed by atoms with Crippen molar-refractivity contribution in [2.24, 2.45) is 5.10 Å². The maximum Gasteiger partial charge on any atom is 0.195 e. The first kappa shape index (κ1) is 20.2. The second kappa shape index (κ2) is 8.47. The van der Waals surface area contributed by atoms with E-state index in [9.17, 15) is 0 Å². The van der Waals surface area contributed by atoms with E-state index < -0.39 is 0 Å². The zero-order valence-electron chi connectivity index (χ0n) is 17.4. The predicted octanol–water partition coefficient (Wildman–Crippen LogP) is 4.04. The van der Waals surface area contributed by atoms with Gasteiger partial charge in [-0.3, -0.25) is 9.83 Å². The normalized spacial score (nSPS) is 14.6. The summed E-state index contributed by atoms with van der Waals surface area (Å²) in [5.41, 5.74) is 6.40. The molecule has 11 heteroatoms. The lowest BCUT2D eigenvalue weighted by molar-refractivity contribution is 0.122. The number of imidazole rings is 1. The third kappa shape index (κ3) is 3.82. The van der Waals surface area contributed by atoms with Gasteiger partial charge < -0.3 is 9.64 Å². The van der Waals surface area contributed by atoms with E-state index in [-0.39, 0.29) is 0 Å². The summed E-state index contributed by atoms with van der Waals surface area (Å²) in [4.78, 5) is 12.1. The molecule has 1 aliphatic rings. The summed E-state index contributed by atoms with van der Waals surface area (Å²) in [6.45, 7) is 2.91. The molecule has 1 N–H and O–H groups in total. The Kier molecular flexibility index (Phi) is 5.17. The maximum absolute atomic E-state index is 6.27. The quantitative estimate of drug-likeness (QED) is 0.303. The first-order chi connectivity index (χ1) is 16.3. The summed E-state index contributed by atoms with van der Waals surface area (Å²) in [7, 11) is 0. The van der Waals surface area contributed by atoms with Gasteiger partial charge in [-0.2, -0.15) is 14.7 Å². The molecule has 0 spiro atoms. The van der Waals surface area contributed by atoms with E-state index in [4.69, 9.17) is 26.4 Å². The molecule has 1 fully saturated rings. The van der Waals surface area contributed by atoms with Crippen LogP contribution in [0.4, 0.5) is 11.6 Å². The third-order valence-corrected chi connectivity index (χ3v) is 6.47. The Morgan fingerprint density at radius 2 is 1.97 bits per heavy atom. The molecule has 0 aliphatic carbocycles. The number of nitrogens with zero attached hydrogens (tertiary/aromatic N) is 7. The number of halogens is 1. The van der Waals surface area contributed by atoms with Crippen molar-refractivity contribution in [3.63, 3.8) is 0 Å². The van der Waals surface area contributed by atoms with Crippen molar-refractivity contribution < 1.29 is 4.74 Å². The molecule has 0 saturated carbocycles. The number of aromatic nitrogens is 5. The molecule has 4 aromatic heterocycles.